The quantitative estimate of drug-likeness (QED) is 0.0986. The van der Waals surface area contributed by atoms with Crippen molar-refractivity contribution in [2.24, 2.45) is 0 Å². The first-order valence-electron chi connectivity index (χ1n) is 25.0. The van der Waals surface area contributed by atoms with Crippen LogP contribution in [0.1, 0.15) is 74.3 Å². The van der Waals surface area contributed by atoms with Crippen molar-refractivity contribution in [1.82, 2.24) is 69.7 Å². The second-order valence-electron chi connectivity index (χ2n) is 18.7. The minimum absolute atomic E-state index is 0.378. The third-order valence-corrected chi connectivity index (χ3v) is 13.7. The van der Waals surface area contributed by atoms with Crippen molar-refractivity contribution in [3.63, 3.8) is 0 Å². The number of nitrogens with one attached hydrogen (secondary N) is 1. The van der Waals surface area contributed by atoms with E-state index in [9.17, 15) is 0 Å². The lowest BCUT2D eigenvalue weighted by Gasteiger charge is -2.13. The lowest BCUT2D eigenvalue weighted by atomic mass is 10.0. The molecule has 8 aromatic heterocycles. The van der Waals surface area contributed by atoms with Gasteiger partial charge in [-0.3, -0.25) is 19.3 Å². The molecule has 0 aromatic carbocycles. The predicted molar refractivity (Wildman–Crippen MR) is 275 cm³/mol. The van der Waals surface area contributed by atoms with Crippen molar-refractivity contribution in [3.05, 3.63) is 114 Å². The predicted octanol–water partition coefficient (Wildman–Crippen LogP) is 8.21. The van der Waals surface area contributed by atoms with E-state index in [0.717, 1.165) is 134 Å². The number of fused-ring (bicyclic) bond motifs is 2. The van der Waals surface area contributed by atoms with E-state index in [1.165, 1.54) is 51.9 Å². The number of likely N-dealkylation sites (tertiary alicyclic amines) is 2. The van der Waals surface area contributed by atoms with Gasteiger partial charge in [-0.1, -0.05) is 11.6 Å². The molecule has 18 nitrogen and oxygen atoms in total. The van der Waals surface area contributed by atoms with Crippen LogP contribution in [-0.2, 0) is 22.6 Å². The molecule has 0 bridgehead atoms. The lowest BCUT2D eigenvalue weighted by molar-refractivity contribution is 0.193. The van der Waals surface area contributed by atoms with Crippen molar-refractivity contribution < 1.29 is 9.47 Å². The van der Waals surface area contributed by atoms with Crippen LogP contribution in [-0.4, -0.2) is 135 Å². The van der Waals surface area contributed by atoms with Crippen molar-refractivity contribution in [3.8, 4) is 22.3 Å². The number of aryl methyl sites for hydroxylation is 2. The molecular weight excluding hydrogens is 916 g/mol. The summed E-state index contributed by atoms with van der Waals surface area (Å²) in [4.78, 5) is 23.3. The van der Waals surface area contributed by atoms with Crippen molar-refractivity contribution in [2.75, 3.05) is 76.7 Å². The van der Waals surface area contributed by atoms with Crippen LogP contribution >= 0.6 is 11.6 Å². The fraction of sp³-hybridized carbons (Fsp3) is 0.423. The van der Waals surface area contributed by atoms with Crippen molar-refractivity contribution in [2.45, 2.75) is 76.3 Å². The van der Waals surface area contributed by atoms with Crippen molar-refractivity contribution >= 4 is 51.1 Å². The van der Waals surface area contributed by atoms with Crippen LogP contribution in [0.4, 0.5) is 17.5 Å². The third kappa shape index (κ3) is 13.1. The van der Waals surface area contributed by atoms with E-state index in [4.69, 9.17) is 31.8 Å². The van der Waals surface area contributed by atoms with Crippen LogP contribution in [0.15, 0.2) is 98.1 Å². The Morgan fingerprint density at radius 2 is 1.11 bits per heavy atom. The van der Waals surface area contributed by atoms with Gasteiger partial charge in [-0.25, -0.2) is 9.97 Å². The summed E-state index contributed by atoms with van der Waals surface area (Å²) in [5.74, 6) is 2.72. The van der Waals surface area contributed by atoms with Gasteiger partial charge < -0.3 is 30.3 Å². The zero-order chi connectivity index (χ0) is 48.2. The monoisotopic (exact) mass is 976 g/mol. The van der Waals surface area contributed by atoms with Gasteiger partial charge in [0.1, 0.15) is 16.8 Å². The highest BCUT2D eigenvalue weighted by Crippen LogP contribution is 2.29. The highest BCUT2D eigenvalue weighted by Gasteiger charge is 2.20. The third-order valence-electron chi connectivity index (χ3n) is 13.5. The Hall–Kier alpha value is -6.57. The minimum Gasteiger partial charge on any atom is -0.382 e. The Morgan fingerprint density at radius 1 is 0.563 bits per heavy atom. The highest BCUT2D eigenvalue weighted by atomic mass is 35.5. The number of nitrogen functional groups attached to an aromatic ring is 1. The number of hydrogen-bond donors (Lipinski definition) is 2. The van der Waals surface area contributed by atoms with Gasteiger partial charge in [-0.15, -0.1) is 10.2 Å². The number of halogens is 1. The number of ether oxygens (including phenoxy) is 2. The number of rotatable bonds is 14. The molecule has 4 saturated heterocycles. The van der Waals surface area contributed by atoms with Gasteiger partial charge in [-0.05, 0) is 150 Å². The molecule has 12 rings (SSSR count). The maximum atomic E-state index is 5.97. The molecule has 8 aromatic rings. The van der Waals surface area contributed by atoms with Gasteiger partial charge >= 0.3 is 0 Å². The lowest BCUT2D eigenvalue weighted by Crippen LogP contribution is -2.21. The first-order valence-corrected chi connectivity index (χ1v) is 25.3. The first-order chi connectivity index (χ1) is 34.9. The summed E-state index contributed by atoms with van der Waals surface area (Å²) in [5.41, 5.74) is 15.3. The Balaban J connectivity index is 0.000000139. The number of pyridine rings is 4. The number of hydrogen-bond acceptors (Lipinski definition) is 16. The zero-order valence-electron chi connectivity index (χ0n) is 40.1. The molecule has 0 radical (unpaired) electrons. The van der Waals surface area contributed by atoms with E-state index >= 15 is 0 Å². The van der Waals surface area contributed by atoms with Crippen LogP contribution in [0.25, 0.3) is 44.3 Å². The number of anilines is 3. The summed E-state index contributed by atoms with van der Waals surface area (Å²) in [6.45, 7) is 12.3. The average Bonchev–Trinajstić information content (AvgIpc) is 4.26. The second kappa shape index (κ2) is 23.6. The summed E-state index contributed by atoms with van der Waals surface area (Å²) in [6.07, 6.45) is 25.0. The smallest absolute Gasteiger partial charge is 0.154 e. The fourth-order valence-electron chi connectivity index (χ4n) is 9.58. The molecule has 19 heteroatoms. The van der Waals surface area contributed by atoms with Crippen LogP contribution in [0.5, 0.6) is 0 Å². The summed E-state index contributed by atoms with van der Waals surface area (Å²) in [5, 5.41) is 28.7. The Labute approximate surface area is 418 Å². The Morgan fingerprint density at radius 3 is 1.68 bits per heavy atom. The molecule has 12 heterocycles. The van der Waals surface area contributed by atoms with Crippen LogP contribution in [0.2, 0.25) is 5.15 Å². The SMILES string of the molecule is Clc1ccc2ncc(-c3cnn(CCCN4CCCC4)c3)cc2n1.Nc1cc(C2CCOC2)cnn1.c1nc2ccc(Nc3cc(C4CCOC4)cnn3)nc2cc1-c1cnn(CCCN2CCCC2)c1. The normalized spacial score (nSPS) is 18.2. The average molecular weight is 978 g/mol. The molecular formula is C52H61ClN16O2. The van der Waals surface area contributed by atoms with Gasteiger partial charge in [0.2, 0.25) is 0 Å². The van der Waals surface area contributed by atoms with E-state index < -0.39 is 0 Å². The summed E-state index contributed by atoms with van der Waals surface area (Å²) in [6, 6.07) is 15.5. The molecule has 71 heavy (non-hydrogen) atoms. The topological polar surface area (TPSA) is 202 Å². The molecule has 0 spiro atoms. The van der Waals surface area contributed by atoms with E-state index in [1.807, 2.05) is 76.7 Å². The largest absolute Gasteiger partial charge is 0.382 e. The first kappa shape index (κ1) is 48.1. The van der Waals surface area contributed by atoms with Crippen molar-refractivity contribution in [1.29, 1.82) is 0 Å². The van der Waals surface area contributed by atoms with Gasteiger partial charge in [0.25, 0.3) is 0 Å². The minimum atomic E-state index is 0.378. The molecule has 2 atom stereocenters. The summed E-state index contributed by atoms with van der Waals surface area (Å²) >= 11 is 5.97. The molecule has 4 fully saturated rings. The molecule has 3 N–H and O–H groups in total. The number of nitrogens with zero attached hydrogens (tertiary/aromatic N) is 14. The number of nitrogens with two attached hydrogens (primary N) is 1. The fourth-order valence-corrected chi connectivity index (χ4v) is 9.74. The van der Waals surface area contributed by atoms with Gasteiger partial charge in [-0.2, -0.15) is 20.4 Å². The maximum Gasteiger partial charge on any atom is 0.154 e. The number of aromatic nitrogens is 12. The van der Waals surface area contributed by atoms with E-state index in [-0.39, 0.29) is 0 Å². The molecule has 368 valence electrons. The Kier molecular flexibility index (Phi) is 16.0. The highest BCUT2D eigenvalue weighted by molar-refractivity contribution is 6.29. The summed E-state index contributed by atoms with van der Waals surface area (Å²) in [7, 11) is 0. The van der Waals surface area contributed by atoms with Gasteiger partial charge in [0.05, 0.1) is 60.1 Å². The summed E-state index contributed by atoms with van der Waals surface area (Å²) < 4.78 is 14.8. The molecule has 2 unspecified atom stereocenters. The molecule has 4 aliphatic rings. The van der Waals surface area contributed by atoms with E-state index in [1.54, 1.807) is 12.3 Å². The maximum absolute atomic E-state index is 5.97. The molecule has 0 amide bonds. The molecule has 0 aliphatic carbocycles. The van der Waals surface area contributed by atoms with Gasteiger partial charge in [0, 0.05) is 85.2 Å². The Bertz CT molecular complexity index is 2980. The molecule has 0 saturated carbocycles. The van der Waals surface area contributed by atoms with Gasteiger partial charge in [0.15, 0.2) is 5.82 Å². The zero-order valence-corrected chi connectivity index (χ0v) is 40.8. The molecule has 4 aliphatic heterocycles. The van der Waals surface area contributed by atoms with Crippen LogP contribution in [0, 0.1) is 0 Å². The second-order valence-corrected chi connectivity index (χ2v) is 19.1. The van der Waals surface area contributed by atoms with Crippen LogP contribution in [0.3, 0.4) is 0 Å². The van der Waals surface area contributed by atoms with E-state index in [2.05, 4.69) is 79.1 Å². The van der Waals surface area contributed by atoms with Crippen LogP contribution < -0.4 is 11.1 Å². The van der Waals surface area contributed by atoms with E-state index in [0.29, 0.717) is 34.4 Å². The standard InChI is InChI=1S/C26H30N8O.C18H20ClN5.C8H11N3O/c1-2-8-33(7-1)9-3-10-34-17-22(16-29-34)20-12-24-23(27-14-20)4-5-25(30-24)31-26-13-21(15-28-32-26)19-6-11-35-18-19;19-18-5-4-16-17(22-18)10-14(11-20-16)15-12-21-24(13-15)9-3-8-23-6-1-2-7-23;9-8-3-7(4-10-11-8)6-1-2-12-5-6/h4-5,12-17,19H,1-3,6-11,18H2,(H,30,31,32);4-5,10-13H,1-3,6-9H2;3-4,6H,1-2,5H2,(H2,9,11).